The van der Waals surface area contributed by atoms with Crippen molar-refractivity contribution in [1.82, 2.24) is 4.90 Å². The maximum Gasteiger partial charge on any atom is 0.0963 e. The van der Waals surface area contributed by atoms with Crippen molar-refractivity contribution in [3.8, 4) is 0 Å². The molecular formula is C13H27N3. The predicted molar refractivity (Wildman–Crippen MR) is 69.7 cm³/mol. The van der Waals surface area contributed by atoms with Gasteiger partial charge >= 0.3 is 0 Å². The zero-order valence-corrected chi connectivity index (χ0v) is 11.2. The van der Waals surface area contributed by atoms with Gasteiger partial charge in [-0.25, -0.2) is 0 Å². The van der Waals surface area contributed by atoms with Crippen LogP contribution in [0.4, 0.5) is 0 Å². The van der Waals surface area contributed by atoms with Crippen LogP contribution in [0.5, 0.6) is 0 Å². The van der Waals surface area contributed by atoms with Gasteiger partial charge in [0, 0.05) is 18.5 Å². The molecule has 0 aromatic carbocycles. The van der Waals surface area contributed by atoms with Crippen molar-refractivity contribution < 1.29 is 0 Å². The molecule has 16 heavy (non-hydrogen) atoms. The minimum atomic E-state index is -0.128. The molecule has 3 heteroatoms. The van der Waals surface area contributed by atoms with Gasteiger partial charge in [0.15, 0.2) is 0 Å². The van der Waals surface area contributed by atoms with E-state index in [1.165, 1.54) is 13.1 Å². The van der Waals surface area contributed by atoms with E-state index in [0.717, 1.165) is 31.2 Å². The van der Waals surface area contributed by atoms with Crippen LogP contribution in [0, 0.1) is 22.7 Å². The largest absolute Gasteiger partial charge is 0.387 e. The highest BCUT2D eigenvalue weighted by molar-refractivity contribution is 5.82. The number of amidine groups is 1. The van der Waals surface area contributed by atoms with Crippen LogP contribution in [-0.4, -0.2) is 30.4 Å². The Balaban J connectivity index is 2.24. The monoisotopic (exact) mass is 225 g/mol. The van der Waals surface area contributed by atoms with E-state index >= 15 is 0 Å². The second-order valence-corrected chi connectivity index (χ2v) is 6.12. The third-order valence-electron chi connectivity index (χ3n) is 4.07. The maximum atomic E-state index is 7.51. The van der Waals surface area contributed by atoms with E-state index in [2.05, 4.69) is 32.6 Å². The van der Waals surface area contributed by atoms with Gasteiger partial charge in [-0.3, -0.25) is 5.41 Å². The molecule has 0 amide bonds. The number of hydrogen-bond donors (Lipinski definition) is 2. The third-order valence-corrected chi connectivity index (χ3v) is 4.07. The van der Waals surface area contributed by atoms with E-state index < -0.39 is 0 Å². The van der Waals surface area contributed by atoms with Crippen molar-refractivity contribution in [3.05, 3.63) is 0 Å². The quantitative estimate of drug-likeness (QED) is 0.557. The van der Waals surface area contributed by atoms with Crippen LogP contribution >= 0.6 is 0 Å². The molecule has 0 saturated carbocycles. The number of nitrogens with one attached hydrogen (secondary N) is 1. The van der Waals surface area contributed by atoms with Crippen LogP contribution in [0.2, 0.25) is 0 Å². The average molecular weight is 225 g/mol. The molecule has 0 aromatic heterocycles. The van der Waals surface area contributed by atoms with Crippen LogP contribution in [0.15, 0.2) is 0 Å². The summed E-state index contributed by atoms with van der Waals surface area (Å²) >= 11 is 0. The fourth-order valence-electron chi connectivity index (χ4n) is 2.31. The molecule has 1 aliphatic heterocycles. The second-order valence-electron chi connectivity index (χ2n) is 6.12. The predicted octanol–water partition coefficient (Wildman–Crippen LogP) is 2.32. The van der Waals surface area contributed by atoms with E-state index in [1.807, 2.05) is 0 Å². The summed E-state index contributed by atoms with van der Waals surface area (Å²) in [4.78, 5) is 2.55. The Labute approximate surface area is 99.9 Å². The van der Waals surface area contributed by atoms with Gasteiger partial charge in [0.25, 0.3) is 0 Å². The third kappa shape index (κ3) is 3.48. The minimum Gasteiger partial charge on any atom is -0.387 e. The lowest BCUT2D eigenvalue weighted by atomic mass is 9.86. The van der Waals surface area contributed by atoms with Gasteiger partial charge in [-0.05, 0) is 31.2 Å². The molecule has 2 atom stereocenters. The minimum absolute atomic E-state index is 0.128. The molecule has 2 unspecified atom stereocenters. The van der Waals surface area contributed by atoms with E-state index in [-0.39, 0.29) is 5.41 Å². The molecule has 3 N–H and O–H groups in total. The van der Waals surface area contributed by atoms with E-state index in [1.54, 1.807) is 0 Å². The van der Waals surface area contributed by atoms with Crippen LogP contribution in [0.3, 0.4) is 0 Å². The van der Waals surface area contributed by atoms with Gasteiger partial charge in [0.05, 0.1) is 5.84 Å². The van der Waals surface area contributed by atoms with Gasteiger partial charge < -0.3 is 10.6 Å². The molecule has 0 spiro atoms. The van der Waals surface area contributed by atoms with Crippen LogP contribution in [-0.2, 0) is 0 Å². The lowest BCUT2D eigenvalue weighted by Crippen LogP contribution is -2.32. The SMILES string of the molecule is CC1CN(CCCC(C)(C)C(=N)N)CC1C. The number of rotatable bonds is 5. The maximum absolute atomic E-state index is 7.51. The summed E-state index contributed by atoms with van der Waals surface area (Å²) in [7, 11) is 0. The second kappa shape index (κ2) is 5.17. The molecule has 1 rings (SSSR count). The van der Waals surface area contributed by atoms with Crippen molar-refractivity contribution in [1.29, 1.82) is 5.41 Å². The zero-order chi connectivity index (χ0) is 12.3. The molecule has 0 aromatic rings. The summed E-state index contributed by atoms with van der Waals surface area (Å²) in [5.41, 5.74) is 5.45. The molecule has 0 aliphatic carbocycles. The topological polar surface area (TPSA) is 53.1 Å². The van der Waals surface area contributed by atoms with Gasteiger partial charge in [0.1, 0.15) is 0 Å². The summed E-state index contributed by atoms with van der Waals surface area (Å²) < 4.78 is 0. The Morgan fingerprint density at radius 2 is 1.81 bits per heavy atom. The molecule has 1 aliphatic rings. The fourth-order valence-corrected chi connectivity index (χ4v) is 2.31. The summed E-state index contributed by atoms with van der Waals surface area (Å²) in [6.45, 7) is 12.4. The Hall–Kier alpha value is -0.570. The van der Waals surface area contributed by atoms with E-state index in [4.69, 9.17) is 11.1 Å². The van der Waals surface area contributed by atoms with Crippen molar-refractivity contribution in [2.45, 2.75) is 40.5 Å². The normalized spacial score (nSPS) is 27.2. The smallest absolute Gasteiger partial charge is 0.0963 e. The highest BCUT2D eigenvalue weighted by atomic mass is 15.1. The van der Waals surface area contributed by atoms with Crippen molar-refractivity contribution in [2.24, 2.45) is 23.0 Å². The first kappa shape index (κ1) is 13.5. The Bertz CT molecular complexity index is 238. The molecule has 0 radical (unpaired) electrons. The molecule has 1 saturated heterocycles. The lowest BCUT2D eigenvalue weighted by Gasteiger charge is -2.24. The summed E-state index contributed by atoms with van der Waals surface area (Å²) in [5.74, 6) is 1.98. The first-order chi connectivity index (χ1) is 7.33. The van der Waals surface area contributed by atoms with Crippen molar-refractivity contribution in [2.75, 3.05) is 19.6 Å². The summed E-state index contributed by atoms with van der Waals surface area (Å²) in [5, 5.41) is 7.51. The Morgan fingerprint density at radius 3 is 2.25 bits per heavy atom. The van der Waals surface area contributed by atoms with Gasteiger partial charge in [-0.2, -0.15) is 0 Å². The lowest BCUT2D eigenvalue weighted by molar-refractivity contribution is 0.298. The molecule has 1 fully saturated rings. The van der Waals surface area contributed by atoms with Gasteiger partial charge in [-0.15, -0.1) is 0 Å². The van der Waals surface area contributed by atoms with E-state index in [0.29, 0.717) is 5.84 Å². The molecular weight excluding hydrogens is 198 g/mol. The molecule has 1 heterocycles. The first-order valence-electron chi connectivity index (χ1n) is 6.40. The molecule has 0 bridgehead atoms. The number of nitrogens with two attached hydrogens (primary N) is 1. The Morgan fingerprint density at radius 1 is 1.31 bits per heavy atom. The van der Waals surface area contributed by atoms with Crippen LogP contribution < -0.4 is 5.73 Å². The van der Waals surface area contributed by atoms with Crippen molar-refractivity contribution >= 4 is 5.84 Å². The first-order valence-corrected chi connectivity index (χ1v) is 6.40. The highest BCUT2D eigenvalue weighted by Crippen LogP contribution is 2.25. The fraction of sp³-hybridized carbons (Fsp3) is 0.923. The summed E-state index contributed by atoms with van der Waals surface area (Å²) in [6.07, 6.45) is 2.16. The molecule has 3 nitrogen and oxygen atoms in total. The molecule has 94 valence electrons. The number of nitrogens with zero attached hydrogens (tertiary/aromatic N) is 1. The van der Waals surface area contributed by atoms with Gasteiger partial charge in [0.2, 0.25) is 0 Å². The average Bonchev–Trinajstić information content (AvgIpc) is 2.45. The highest BCUT2D eigenvalue weighted by Gasteiger charge is 2.26. The Kier molecular flexibility index (Phi) is 4.36. The number of hydrogen-bond acceptors (Lipinski definition) is 2. The zero-order valence-electron chi connectivity index (χ0n) is 11.2. The van der Waals surface area contributed by atoms with Crippen LogP contribution in [0.1, 0.15) is 40.5 Å². The van der Waals surface area contributed by atoms with Crippen LogP contribution in [0.25, 0.3) is 0 Å². The number of likely N-dealkylation sites (tertiary alicyclic amines) is 1. The van der Waals surface area contributed by atoms with Gasteiger partial charge in [-0.1, -0.05) is 27.7 Å². The standard InChI is InChI=1S/C13H27N3/c1-10-8-16(9-11(10)2)7-5-6-13(3,4)12(14)15/h10-11H,5-9H2,1-4H3,(H3,14,15). The van der Waals surface area contributed by atoms with Crippen molar-refractivity contribution in [3.63, 3.8) is 0 Å². The van der Waals surface area contributed by atoms with E-state index in [9.17, 15) is 0 Å². The summed E-state index contributed by atoms with van der Waals surface area (Å²) in [6, 6.07) is 0.